The highest BCUT2D eigenvalue weighted by Gasteiger charge is 2.22. The third-order valence-corrected chi connectivity index (χ3v) is 3.99. The quantitative estimate of drug-likeness (QED) is 0.504. The highest BCUT2D eigenvalue weighted by Crippen LogP contribution is 2.38. The van der Waals surface area contributed by atoms with Crippen LogP contribution in [0.25, 0.3) is 10.2 Å². The molecule has 5 nitrogen and oxygen atoms in total. The van der Waals surface area contributed by atoms with Crippen LogP contribution in [0.4, 0.5) is 5.69 Å². The maximum atomic E-state index is 11.3. The molecule has 0 spiro atoms. The van der Waals surface area contributed by atoms with E-state index in [9.17, 15) is 10.1 Å². The number of hydrogen-bond donors (Lipinski definition) is 0. The summed E-state index contributed by atoms with van der Waals surface area (Å²) < 4.78 is 7.28. The molecule has 0 aliphatic heterocycles. The number of halogens is 1. The second-order valence-electron chi connectivity index (χ2n) is 3.92. The SMILES string of the molecule is O=[N+]([O-])c1c(Oc2ccc(Br)cc2)ccc2scnc12. The number of ether oxygens (including phenoxy) is 1. The van der Waals surface area contributed by atoms with E-state index in [0.29, 0.717) is 11.3 Å². The lowest BCUT2D eigenvalue weighted by molar-refractivity contribution is -0.384. The molecule has 0 aliphatic rings. The van der Waals surface area contributed by atoms with Crippen LogP contribution in [0, 0.1) is 10.1 Å². The normalized spacial score (nSPS) is 10.7. The van der Waals surface area contributed by atoms with E-state index in [1.807, 2.05) is 12.1 Å². The Hall–Kier alpha value is -1.99. The molecule has 100 valence electrons. The molecule has 3 aromatic rings. The van der Waals surface area contributed by atoms with Crippen molar-refractivity contribution in [1.82, 2.24) is 4.98 Å². The van der Waals surface area contributed by atoms with E-state index in [1.54, 1.807) is 29.8 Å². The van der Waals surface area contributed by atoms with Gasteiger partial charge in [0.05, 0.1) is 15.1 Å². The first kappa shape index (κ1) is 13.0. The Morgan fingerprint density at radius 1 is 1.20 bits per heavy atom. The zero-order valence-corrected chi connectivity index (χ0v) is 12.3. The zero-order chi connectivity index (χ0) is 14.1. The summed E-state index contributed by atoms with van der Waals surface area (Å²) in [7, 11) is 0. The van der Waals surface area contributed by atoms with E-state index >= 15 is 0 Å². The maximum absolute atomic E-state index is 11.3. The average Bonchev–Trinajstić information content (AvgIpc) is 2.89. The molecule has 0 atom stereocenters. The molecule has 0 fully saturated rings. The van der Waals surface area contributed by atoms with Gasteiger partial charge in [-0.05, 0) is 36.4 Å². The lowest BCUT2D eigenvalue weighted by atomic mass is 10.2. The number of nitro groups is 1. The molecule has 0 radical (unpaired) electrons. The lowest BCUT2D eigenvalue weighted by Gasteiger charge is -2.06. The number of thiazole rings is 1. The van der Waals surface area contributed by atoms with Crippen LogP contribution < -0.4 is 4.74 Å². The molecule has 0 aliphatic carbocycles. The van der Waals surface area contributed by atoms with Crippen molar-refractivity contribution in [3.8, 4) is 11.5 Å². The Labute approximate surface area is 126 Å². The molecule has 0 N–H and O–H groups in total. The molecule has 0 bridgehead atoms. The van der Waals surface area contributed by atoms with Crippen molar-refractivity contribution in [1.29, 1.82) is 0 Å². The van der Waals surface area contributed by atoms with Crippen molar-refractivity contribution in [2.24, 2.45) is 0 Å². The van der Waals surface area contributed by atoms with Gasteiger partial charge in [0, 0.05) is 4.47 Å². The van der Waals surface area contributed by atoms with Gasteiger partial charge < -0.3 is 4.74 Å². The fourth-order valence-electron chi connectivity index (χ4n) is 1.79. The third-order valence-electron chi connectivity index (χ3n) is 2.66. The lowest BCUT2D eigenvalue weighted by Crippen LogP contribution is -1.94. The summed E-state index contributed by atoms with van der Waals surface area (Å²) in [5.41, 5.74) is 1.84. The van der Waals surface area contributed by atoms with Gasteiger partial charge in [0.2, 0.25) is 5.75 Å². The number of fused-ring (bicyclic) bond motifs is 1. The molecule has 7 heteroatoms. The summed E-state index contributed by atoms with van der Waals surface area (Å²) in [6.45, 7) is 0. The Morgan fingerprint density at radius 3 is 2.65 bits per heavy atom. The standard InChI is InChI=1S/C13H7BrN2O3S/c14-8-1-3-9(4-2-8)19-10-5-6-11-12(15-7-20-11)13(10)16(17)18/h1-7H. The molecular formula is C13H7BrN2O3S. The fraction of sp³-hybridized carbons (Fsp3) is 0. The van der Waals surface area contributed by atoms with E-state index < -0.39 is 4.92 Å². The Bertz CT molecular complexity index is 786. The number of nitro benzene ring substituents is 1. The van der Waals surface area contributed by atoms with Crippen molar-refractivity contribution in [3.05, 3.63) is 56.5 Å². The van der Waals surface area contributed by atoms with Crippen LogP contribution in [0.5, 0.6) is 11.5 Å². The van der Waals surface area contributed by atoms with Crippen molar-refractivity contribution in [2.75, 3.05) is 0 Å². The highest BCUT2D eigenvalue weighted by atomic mass is 79.9. The van der Waals surface area contributed by atoms with Gasteiger partial charge in [0.15, 0.2) is 5.52 Å². The van der Waals surface area contributed by atoms with E-state index in [-0.39, 0.29) is 11.4 Å². The molecule has 20 heavy (non-hydrogen) atoms. The summed E-state index contributed by atoms with van der Waals surface area (Å²) in [6.07, 6.45) is 0. The van der Waals surface area contributed by atoms with Gasteiger partial charge in [0.25, 0.3) is 0 Å². The van der Waals surface area contributed by atoms with Gasteiger partial charge >= 0.3 is 5.69 Å². The monoisotopic (exact) mass is 350 g/mol. The minimum absolute atomic E-state index is 0.105. The first-order valence-electron chi connectivity index (χ1n) is 5.59. The number of rotatable bonds is 3. The van der Waals surface area contributed by atoms with Crippen molar-refractivity contribution < 1.29 is 9.66 Å². The third kappa shape index (κ3) is 2.37. The van der Waals surface area contributed by atoms with E-state index in [4.69, 9.17) is 4.74 Å². The molecule has 2 aromatic carbocycles. The predicted octanol–water partition coefficient (Wildman–Crippen LogP) is 4.76. The molecule has 0 saturated carbocycles. The Kier molecular flexibility index (Phi) is 3.37. The van der Waals surface area contributed by atoms with Crippen molar-refractivity contribution >= 4 is 43.2 Å². The second-order valence-corrected chi connectivity index (χ2v) is 5.73. The van der Waals surface area contributed by atoms with Gasteiger partial charge in [0.1, 0.15) is 5.75 Å². The minimum atomic E-state index is -0.462. The molecule has 1 aromatic heterocycles. The van der Waals surface area contributed by atoms with E-state index in [2.05, 4.69) is 20.9 Å². The van der Waals surface area contributed by atoms with Gasteiger partial charge in [-0.1, -0.05) is 15.9 Å². The van der Waals surface area contributed by atoms with Crippen molar-refractivity contribution in [2.45, 2.75) is 0 Å². The summed E-state index contributed by atoms with van der Waals surface area (Å²) in [5.74, 6) is 0.724. The van der Waals surface area contributed by atoms with Crippen LogP contribution in [-0.2, 0) is 0 Å². The first-order valence-corrected chi connectivity index (χ1v) is 7.26. The van der Waals surface area contributed by atoms with Crippen LogP contribution in [0.15, 0.2) is 46.4 Å². The second kappa shape index (κ2) is 5.18. The molecule has 3 rings (SSSR count). The van der Waals surface area contributed by atoms with Crippen LogP contribution in [0.3, 0.4) is 0 Å². The number of aromatic nitrogens is 1. The smallest absolute Gasteiger partial charge is 0.338 e. The van der Waals surface area contributed by atoms with Crippen LogP contribution >= 0.6 is 27.3 Å². The minimum Gasteiger partial charge on any atom is -0.450 e. The fourth-order valence-corrected chi connectivity index (χ4v) is 2.73. The van der Waals surface area contributed by atoms with Gasteiger partial charge in [-0.3, -0.25) is 10.1 Å². The largest absolute Gasteiger partial charge is 0.450 e. The Balaban J connectivity index is 2.08. The topological polar surface area (TPSA) is 65.3 Å². The predicted molar refractivity (Wildman–Crippen MR) is 80.5 cm³/mol. The first-order chi connectivity index (χ1) is 9.65. The van der Waals surface area contributed by atoms with Crippen molar-refractivity contribution in [3.63, 3.8) is 0 Å². The number of nitrogens with zero attached hydrogens (tertiary/aromatic N) is 2. The van der Waals surface area contributed by atoms with Gasteiger partial charge in [-0.25, -0.2) is 4.98 Å². The maximum Gasteiger partial charge on any atom is 0.338 e. The van der Waals surface area contributed by atoms with Gasteiger partial charge in [-0.15, -0.1) is 11.3 Å². The molecule has 1 heterocycles. The molecule has 0 saturated heterocycles. The molecular weight excluding hydrogens is 344 g/mol. The zero-order valence-electron chi connectivity index (χ0n) is 9.95. The van der Waals surface area contributed by atoms with E-state index in [0.717, 1.165) is 9.17 Å². The van der Waals surface area contributed by atoms with Crippen LogP contribution in [0.2, 0.25) is 0 Å². The average molecular weight is 351 g/mol. The number of hydrogen-bond acceptors (Lipinski definition) is 5. The van der Waals surface area contributed by atoms with Crippen LogP contribution in [-0.4, -0.2) is 9.91 Å². The summed E-state index contributed by atoms with van der Waals surface area (Å²) in [4.78, 5) is 14.8. The Morgan fingerprint density at radius 2 is 1.95 bits per heavy atom. The van der Waals surface area contributed by atoms with Crippen LogP contribution in [0.1, 0.15) is 0 Å². The highest BCUT2D eigenvalue weighted by molar-refractivity contribution is 9.10. The summed E-state index contributed by atoms with van der Waals surface area (Å²) in [5, 5.41) is 11.3. The number of benzene rings is 2. The summed E-state index contributed by atoms with van der Waals surface area (Å²) >= 11 is 4.68. The molecule has 0 unspecified atom stereocenters. The van der Waals surface area contributed by atoms with E-state index in [1.165, 1.54) is 11.3 Å². The summed E-state index contributed by atoms with van der Waals surface area (Å²) in [6, 6.07) is 10.5. The van der Waals surface area contributed by atoms with Gasteiger partial charge in [-0.2, -0.15) is 0 Å². The molecule has 0 amide bonds.